The van der Waals surface area contributed by atoms with Crippen molar-refractivity contribution in [1.82, 2.24) is 5.32 Å². The van der Waals surface area contributed by atoms with Gasteiger partial charge in [-0.3, -0.25) is 4.79 Å². The van der Waals surface area contributed by atoms with Crippen LogP contribution in [0.2, 0.25) is 0 Å². The standard InChI is InChI=1S/C18H18FN3O2/c1-12(20-18(24)21-15-8-6-14(19)7-9-15)17(23)22-11-10-13-4-2-3-5-16(13)22/h2-9,12H,10-11H2,1H3,(H2,20,21,24)/t12-/m0/s1. The second kappa shape index (κ2) is 6.70. The van der Waals surface area contributed by atoms with E-state index in [1.54, 1.807) is 11.8 Å². The van der Waals surface area contributed by atoms with Gasteiger partial charge in [0, 0.05) is 17.9 Å². The highest BCUT2D eigenvalue weighted by molar-refractivity contribution is 6.01. The number of benzene rings is 2. The van der Waals surface area contributed by atoms with Crippen LogP contribution in [0.25, 0.3) is 0 Å². The fourth-order valence-electron chi connectivity index (χ4n) is 2.76. The molecule has 124 valence electrons. The monoisotopic (exact) mass is 327 g/mol. The number of halogens is 1. The molecular weight excluding hydrogens is 309 g/mol. The molecule has 0 saturated heterocycles. The molecule has 1 atom stereocenters. The summed E-state index contributed by atoms with van der Waals surface area (Å²) in [4.78, 5) is 26.3. The molecule has 1 aliphatic heterocycles. The second-order valence-electron chi connectivity index (χ2n) is 5.70. The van der Waals surface area contributed by atoms with Crippen molar-refractivity contribution >= 4 is 23.3 Å². The molecule has 6 heteroatoms. The molecular formula is C18H18FN3O2. The molecule has 0 aliphatic carbocycles. The lowest BCUT2D eigenvalue weighted by Crippen LogP contribution is -2.47. The summed E-state index contributed by atoms with van der Waals surface area (Å²) in [6, 6.07) is 12.0. The molecule has 0 radical (unpaired) electrons. The Morgan fingerprint density at radius 3 is 2.58 bits per heavy atom. The fraction of sp³-hybridized carbons (Fsp3) is 0.222. The van der Waals surface area contributed by atoms with Crippen LogP contribution in [-0.2, 0) is 11.2 Å². The van der Waals surface area contributed by atoms with E-state index >= 15 is 0 Å². The first-order chi connectivity index (χ1) is 11.5. The van der Waals surface area contributed by atoms with E-state index in [0.717, 1.165) is 17.7 Å². The van der Waals surface area contributed by atoms with Gasteiger partial charge < -0.3 is 15.5 Å². The molecule has 24 heavy (non-hydrogen) atoms. The van der Waals surface area contributed by atoms with E-state index in [1.807, 2.05) is 24.3 Å². The minimum Gasteiger partial charge on any atom is -0.326 e. The number of carbonyl (C=O) groups excluding carboxylic acids is 2. The van der Waals surface area contributed by atoms with Gasteiger partial charge in [0.15, 0.2) is 0 Å². The third-order valence-electron chi connectivity index (χ3n) is 3.97. The fourth-order valence-corrected chi connectivity index (χ4v) is 2.76. The van der Waals surface area contributed by atoms with Gasteiger partial charge >= 0.3 is 6.03 Å². The largest absolute Gasteiger partial charge is 0.326 e. The van der Waals surface area contributed by atoms with E-state index < -0.39 is 12.1 Å². The van der Waals surface area contributed by atoms with Crippen molar-refractivity contribution in [2.75, 3.05) is 16.8 Å². The van der Waals surface area contributed by atoms with E-state index in [2.05, 4.69) is 10.6 Å². The maximum atomic E-state index is 12.9. The molecule has 0 fully saturated rings. The molecule has 1 heterocycles. The third kappa shape index (κ3) is 3.37. The average Bonchev–Trinajstić information content (AvgIpc) is 3.00. The molecule has 5 nitrogen and oxygen atoms in total. The Morgan fingerprint density at radius 1 is 1.12 bits per heavy atom. The first-order valence-corrected chi connectivity index (χ1v) is 7.77. The summed E-state index contributed by atoms with van der Waals surface area (Å²) in [6.07, 6.45) is 0.816. The first kappa shape index (κ1) is 16.0. The van der Waals surface area contributed by atoms with E-state index in [1.165, 1.54) is 24.3 Å². The van der Waals surface area contributed by atoms with Crippen LogP contribution in [-0.4, -0.2) is 24.5 Å². The van der Waals surface area contributed by atoms with Crippen molar-refractivity contribution in [2.45, 2.75) is 19.4 Å². The summed E-state index contributed by atoms with van der Waals surface area (Å²) in [6.45, 7) is 2.26. The zero-order valence-electron chi connectivity index (χ0n) is 13.3. The summed E-state index contributed by atoms with van der Waals surface area (Å²) in [5.74, 6) is -0.536. The predicted molar refractivity (Wildman–Crippen MR) is 90.5 cm³/mol. The van der Waals surface area contributed by atoms with E-state index in [0.29, 0.717) is 12.2 Å². The maximum absolute atomic E-state index is 12.9. The van der Waals surface area contributed by atoms with E-state index in [9.17, 15) is 14.0 Å². The molecule has 3 amide bonds. The van der Waals surface area contributed by atoms with Crippen LogP contribution in [0.5, 0.6) is 0 Å². The SMILES string of the molecule is C[C@H](NC(=O)Nc1ccc(F)cc1)C(=O)N1CCc2ccccc21. The summed E-state index contributed by atoms with van der Waals surface area (Å²) >= 11 is 0. The molecule has 0 spiro atoms. The zero-order chi connectivity index (χ0) is 17.1. The lowest BCUT2D eigenvalue weighted by atomic mass is 10.2. The minimum atomic E-state index is -0.670. The van der Waals surface area contributed by atoms with Crippen molar-refractivity contribution in [3.8, 4) is 0 Å². The van der Waals surface area contributed by atoms with Crippen LogP contribution >= 0.6 is 0 Å². The van der Waals surface area contributed by atoms with Crippen molar-refractivity contribution in [1.29, 1.82) is 0 Å². The number of hydrogen-bond donors (Lipinski definition) is 2. The molecule has 0 saturated carbocycles. The summed E-state index contributed by atoms with van der Waals surface area (Å²) in [7, 11) is 0. The summed E-state index contributed by atoms with van der Waals surface area (Å²) < 4.78 is 12.9. The predicted octanol–water partition coefficient (Wildman–Crippen LogP) is 2.93. The smallest absolute Gasteiger partial charge is 0.319 e. The Morgan fingerprint density at radius 2 is 1.83 bits per heavy atom. The van der Waals surface area contributed by atoms with Crippen molar-refractivity contribution in [3.63, 3.8) is 0 Å². The molecule has 1 aliphatic rings. The van der Waals surface area contributed by atoms with Gasteiger partial charge in [-0.05, 0) is 49.2 Å². The van der Waals surface area contributed by atoms with E-state index in [4.69, 9.17) is 0 Å². The number of hydrogen-bond acceptors (Lipinski definition) is 2. The molecule has 2 aromatic carbocycles. The molecule has 2 N–H and O–H groups in total. The molecule has 2 aromatic rings. The Labute approximate surface area is 139 Å². The average molecular weight is 327 g/mol. The quantitative estimate of drug-likeness (QED) is 0.910. The second-order valence-corrected chi connectivity index (χ2v) is 5.70. The van der Waals surface area contributed by atoms with Crippen LogP contribution in [0.4, 0.5) is 20.6 Å². The van der Waals surface area contributed by atoms with Crippen molar-refractivity contribution < 1.29 is 14.0 Å². The Balaban J connectivity index is 1.60. The Hall–Kier alpha value is -2.89. The van der Waals surface area contributed by atoms with Crippen molar-refractivity contribution in [2.24, 2.45) is 0 Å². The highest BCUT2D eigenvalue weighted by Gasteiger charge is 2.28. The third-order valence-corrected chi connectivity index (χ3v) is 3.97. The number of nitrogens with zero attached hydrogens (tertiary/aromatic N) is 1. The number of carbonyl (C=O) groups is 2. The number of anilines is 2. The van der Waals surface area contributed by atoms with Gasteiger partial charge in [0.05, 0.1) is 0 Å². The highest BCUT2D eigenvalue weighted by atomic mass is 19.1. The summed E-state index contributed by atoms with van der Waals surface area (Å²) in [5.41, 5.74) is 2.49. The highest BCUT2D eigenvalue weighted by Crippen LogP contribution is 2.27. The van der Waals surface area contributed by atoms with Gasteiger partial charge in [-0.25, -0.2) is 9.18 Å². The minimum absolute atomic E-state index is 0.158. The van der Waals surface area contributed by atoms with Gasteiger partial charge in [-0.15, -0.1) is 0 Å². The first-order valence-electron chi connectivity index (χ1n) is 7.77. The van der Waals surface area contributed by atoms with Crippen LogP contribution in [0.3, 0.4) is 0 Å². The maximum Gasteiger partial charge on any atom is 0.319 e. The molecule has 0 unspecified atom stereocenters. The van der Waals surface area contributed by atoms with Gasteiger partial charge in [0.2, 0.25) is 5.91 Å². The van der Waals surface area contributed by atoms with Crippen LogP contribution in [0, 0.1) is 5.82 Å². The van der Waals surface area contributed by atoms with Gasteiger partial charge in [0.25, 0.3) is 0 Å². The number of para-hydroxylation sites is 1. The number of fused-ring (bicyclic) bond motifs is 1. The molecule has 0 bridgehead atoms. The lowest BCUT2D eigenvalue weighted by molar-refractivity contribution is -0.119. The normalized spacial score (nSPS) is 14.0. The van der Waals surface area contributed by atoms with E-state index in [-0.39, 0.29) is 11.7 Å². The molecule has 3 rings (SSSR count). The Bertz CT molecular complexity index is 761. The van der Waals surface area contributed by atoms with Crippen LogP contribution < -0.4 is 15.5 Å². The van der Waals surface area contributed by atoms with Crippen molar-refractivity contribution in [3.05, 3.63) is 59.9 Å². The van der Waals surface area contributed by atoms with Gasteiger partial charge in [-0.1, -0.05) is 18.2 Å². The summed E-state index contributed by atoms with van der Waals surface area (Å²) in [5, 5.41) is 5.19. The topological polar surface area (TPSA) is 61.4 Å². The lowest BCUT2D eigenvalue weighted by Gasteiger charge is -2.22. The Kier molecular flexibility index (Phi) is 4.46. The molecule has 0 aromatic heterocycles. The number of amides is 3. The van der Waals surface area contributed by atoms with Gasteiger partial charge in [0.1, 0.15) is 11.9 Å². The van der Waals surface area contributed by atoms with Gasteiger partial charge in [-0.2, -0.15) is 0 Å². The number of rotatable bonds is 3. The number of urea groups is 1. The zero-order valence-corrected chi connectivity index (χ0v) is 13.3. The van der Waals surface area contributed by atoms with Crippen LogP contribution in [0.15, 0.2) is 48.5 Å². The van der Waals surface area contributed by atoms with Crippen LogP contribution in [0.1, 0.15) is 12.5 Å². The number of nitrogens with one attached hydrogen (secondary N) is 2.